The first-order valence-corrected chi connectivity index (χ1v) is 10.5. The number of hydrogen-bond acceptors (Lipinski definition) is 5. The average Bonchev–Trinajstić information content (AvgIpc) is 3.19. The fraction of sp³-hybridized carbons (Fsp3) is 0.217. The molecule has 3 heterocycles. The topological polar surface area (TPSA) is 32.3 Å². The monoisotopic (exact) mass is 386 g/mol. The summed E-state index contributed by atoms with van der Waals surface area (Å²) >= 11 is 1.76. The second-order valence-corrected chi connectivity index (χ2v) is 8.13. The Morgan fingerprint density at radius 3 is 2.43 bits per heavy atom. The van der Waals surface area contributed by atoms with Gasteiger partial charge < -0.3 is 9.80 Å². The van der Waals surface area contributed by atoms with E-state index in [1.165, 1.54) is 26.9 Å². The van der Waals surface area contributed by atoms with E-state index in [1.54, 1.807) is 11.3 Å². The van der Waals surface area contributed by atoms with Crippen molar-refractivity contribution in [3.63, 3.8) is 0 Å². The minimum absolute atomic E-state index is 0.955. The molecule has 1 fully saturated rings. The number of hydrogen-bond donors (Lipinski definition) is 0. The van der Waals surface area contributed by atoms with Crippen molar-refractivity contribution in [1.82, 2.24) is 9.97 Å². The van der Waals surface area contributed by atoms with Crippen molar-refractivity contribution in [2.45, 2.75) is 6.92 Å². The average molecular weight is 387 g/mol. The van der Waals surface area contributed by atoms with Crippen LogP contribution in [0.2, 0.25) is 0 Å². The Hall–Kier alpha value is -2.92. The molecule has 0 unspecified atom stereocenters. The molecule has 0 amide bonds. The van der Waals surface area contributed by atoms with Gasteiger partial charge in [0.25, 0.3) is 0 Å². The van der Waals surface area contributed by atoms with Gasteiger partial charge in [-0.2, -0.15) is 0 Å². The molecule has 5 rings (SSSR count). The summed E-state index contributed by atoms with van der Waals surface area (Å²) in [6, 6.07) is 17.3. The zero-order valence-electron chi connectivity index (χ0n) is 15.9. The summed E-state index contributed by atoms with van der Waals surface area (Å²) in [6.07, 6.45) is 3.76. The normalized spacial score (nSPS) is 14.6. The zero-order chi connectivity index (χ0) is 18.9. The summed E-state index contributed by atoms with van der Waals surface area (Å²) < 4.78 is 1.29. The summed E-state index contributed by atoms with van der Waals surface area (Å²) in [5, 5.41) is 3.44. The van der Waals surface area contributed by atoms with Gasteiger partial charge in [-0.3, -0.25) is 4.98 Å². The number of nitrogens with zero attached hydrogens (tertiary/aromatic N) is 4. The molecule has 140 valence electrons. The van der Waals surface area contributed by atoms with Crippen molar-refractivity contribution >= 4 is 32.9 Å². The van der Waals surface area contributed by atoms with E-state index < -0.39 is 0 Å². The molecule has 28 heavy (non-hydrogen) atoms. The van der Waals surface area contributed by atoms with Gasteiger partial charge >= 0.3 is 0 Å². The molecule has 0 N–H and O–H groups in total. The lowest BCUT2D eigenvalue weighted by molar-refractivity contribution is 0.646. The predicted molar refractivity (Wildman–Crippen MR) is 118 cm³/mol. The maximum atomic E-state index is 4.95. The molecule has 1 aliphatic heterocycles. The van der Waals surface area contributed by atoms with Crippen LogP contribution < -0.4 is 9.80 Å². The van der Waals surface area contributed by atoms with Crippen LogP contribution in [0.25, 0.3) is 21.3 Å². The molecule has 4 aromatic rings. The number of aromatic nitrogens is 2. The van der Waals surface area contributed by atoms with Gasteiger partial charge in [0.1, 0.15) is 5.82 Å². The van der Waals surface area contributed by atoms with Crippen LogP contribution in [0.3, 0.4) is 0 Å². The van der Waals surface area contributed by atoms with Gasteiger partial charge in [0, 0.05) is 52.9 Å². The Morgan fingerprint density at radius 1 is 0.857 bits per heavy atom. The minimum Gasteiger partial charge on any atom is -0.368 e. The lowest BCUT2D eigenvalue weighted by atomic mass is 10.1. The highest BCUT2D eigenvalue weighted by molar-refractivity contribution is 7.17. The van der Waals surface area contributed by atoms with E-state index in [2.05, 4.69) is 75.6 Å². The SMILES string of the molecule is Cc1ccc(N2CCN(c3cncc(-c4csc5ccccc45)n3)CC2)cc1. The van der Waals surface area contributed by atoms with E-state index in [0.717, 1.165) is 37.7 Å². The van der Waals surface area contributed by atoms with Crippen LogP contribution in [0.1, 0.15) is 5.56 Å². The molecule has 0 bridgehead atoms. The molecule has 1 saturated heterocycles. The first kappa shape index (κ1) is 17.2. The number of fused-ring (bicyclic) bond motifs is 1. The van der Waals surface area contributed by atoms with Crippen LogP contribution in [0.5, 0.6) is 0 Å². The number of aryl methyl sites for hydroxylation is 1. The van der Waals surface area contributed by atoms with Crippen molar-refractivity contribution in [2.24, 2.45) is 0 Å². The third-order valence-electron chi connectivity index (χ3n) is 5.38. The smallest absolute Gasteiger partial charge is 0.147 e. The summed E-state index contributed by atoms with van der Waals surface area (Å²) in [6.45, 7) is 6.03. The maximum absolute atomic E-state index is 4.95. The van der Waals surface area contributed by atoms with E-state index in [1.807, 2.05) is 12.4 Å². The third-order valence-corrected chi connectivity index (χ3v) is 6.35. The van der Waals surface area contributed by atoms with Gasteiger partial charge in [0.15, 0.2) is 0 Å². The van der Waals surface area contributed by atoms with Crippen molar-refractivity contribution in [3.05, 3.63) is 71.9 Å². The fourth-order valence-corrected chi connectivity index (χ4v) is 4.72. The van der Waals surface area contributed by atoms with Gasteiger partial charge in [-0.1, -0.05) is 35.9 Å². The Bertz CT molecular complexity index is 1100. The van der Waals surface area contributed by atoms with Gasteiger partial charge in [0.2, 0.25) is 0 Å². The molecule has 1 aliphatic rings. The quantitative estimate of drug-likeness (QED) is 0.496. The van der Waals surface area contributed by atoms with Crippen molar-refractivity contribution in [1.29, 1.82) is 0 Å². The van der Waals surface area contributed by atoms with Crippen molar-refractivity contribution in [2.75, 3.05) is 36.0 Å². The Morgan fingerprint density at radius 2 is 1.61 bits per heavy atom. The molecule has 0 saturated carbocycles. The third kappa shape index (κ3) is 3.22. The first-order chi connectivity index (χ1) is 13.8. The van der Waals surface area contributed by atoms with Crippen molar-refractivity contribution < 1.29 is 0 Å². The highest BCUT2D eigenvalue weighted by Crippen LogP contribution is 2.33. The highest BCUT2D eigenvalue weighted by atomic mass is 32.1. The van der Waals surface area contributed by atoms with E-state index in [4.69, 9.17) is 4.98 Å². The van der Waals surface area contributed by atoms with Crippen LogP contribution in [-0.2, 0) is 0 Å². The Balaban J connectivity index is 1.35. The number of anilines is 2. The van der Waals surface area contributed by atoms with Crippen LogP contribution in [0, 0.1) is 6.92 Å². The second kappa shape index (κ2) is 7.24. The molecule has 0 atom stereocenters. The molecule has 4 nitrogen and oxygen atoms in total. The molecular formula is C23H22N4S. The van der Waals surface area contributed by atoms with Crippen molar-refractivity contribution in [3.8, 4) is 11.3 Å². The van der Waals surface area contributed by atoms with Crippen LogP contribution in [0.4, 0.5) is 11.5 Å². The molecule has 2 aromatic heterocycles. The van der Waals surface area contributed by atoms with E-state index >= 15 is 0 Å². The summed E-state index contributed by atoms with van der Waals surface area (Å²) in [5.41, 5.74) is 4.73. The molecule has 5 heteroatoms. The number of thiophene rings is 1. The number of piperazine rings is 1. The van der Waals surface area contributed by atoms with Crippen LogP contribution >= 0.6 is 11.3 Å². The van der Waals surface area contributed by atoms with E-state index in [9.17, 15) is 0 Å². The number of benzene rings is 2. The Kier molecular flexibility index (Phi) is 4.45. The van der Waals surface area contributed by atoms with Crippen LogP contribution in [-0.4, -0.2) is 36.1 Å². The number of rotatable bonds is 3. The predicted octanol–water partition coefficient (Wildman–Crippen LogP) is 4.99. The first-order valence-electron chi connectivity index (χ1n) is 9.63. The van der Waals surface area contributed by atoms with Gasteiger partial charge in [-0.05, 0) is 25.1 Å². The van der Waals surface area contributed by atoms with E-state index in [0.29, 0.717) is 0 Å². The summed E-state index contributed by atoms with van der Waals surface area (Å²) in [4.78, 5) is 14.2. The zero-order valence-corrected chi connectivity index (χ0v) is 16.7. The molecule has 2 aromatic carbocycles. The van der Waals surface area contributed by atoms with Crippen LogP contribution in [0.15, 0.2) is 66.3 Å². The highest BCUT2D eigenvalue weighted by Gasteiger charge is 2.19. The molecule has 0 spiro atoms. The Labute approximate surface area is 169 Å². The standard InChI is InChI=1S/C23H22N4S/c1-17-6-8-18(9-7-17)26-10-12-27(13-11-26)23-15-24-14-21(25-23)20-16-28-22-5-3-2-4-19(20)22/h2-9,14-16H,10-13H2,1H3. The van der Waals surface area contributed by atoms with Gasteiger partial charge in [-0.25, -0.2) is 4.98 Å². The lowest BCUT2D eigenvalue weighted by Gasteiger charge is -2.36. The molecule has 0 radical (unpaired) electrons. The fourth-order valence-electron chi connectivity index (χ4n) is 3.76. The maximum Gasteiger partial charge on any atom is 0.147 e. The summed E-state index contributed by atoms with van der Waals surface area (Å²) in [7, 11) is 0. The molecule has 0 aliphatic carbocycles. The lowest BCUT2D eigenvalue weighted by Crippen LogP contribution is -2.46. The summed E-state index contributed by atoms with van der Waals surface area (Å²) in [5.74, 6) is 0.969. The molecular weight excluding hydrogens is 364 g/mol. The second-order valence-electron chi connectivity index (χ2n) is 7.22. The minimum atomic E-state index is 0.955. The largest absolute Gasteiger partial charge is 0.368 e. The van der Waals surface area contributed by atoms with Gasteiger partial charge in [-0.15, -0.1) is 11.3 Å². The van der Waals surface area contributed by atoms with E-state index in [-0.39, 0.29) is 0 Å². The van der Waals surface area contributed by atoms with Gasteiger partial charge in [0.05, 0.1) is 18.1 Å².